The Bertz CT molecular complexity index is 524. The first-order chi connectivity index (χ1) is 20.2. The lowest BCUT2D eigenvalue weighted by atomic mass is 10.0. The topological polar surface area (TPSA) is 26.3 Å². The van der Waals surface area contributed by atoms with Crippen LogP contribution in [0.2, 0.25) is 0 Å². The van der Waals surface area contributed by atoms with Crippen molar-refractivity contribution in [3.8, 4) is 0 Å². The van der Waals surface area contributed by atoms with E-state index in [1.807, 2.05) is 0 Å². The summed E-state index contributed by atoms with van der Waals surface area (Å²) >= 11 is 0. The van der Waals surface area contributed by atoms with Crippen molar-refractivity contribution in [3.63, 3.8) is 0 Å². The summed E-state index contributed by atoms with van der Waals surface area (Å²) in [6.07, 6.45) is 45.6. The molecule has 0 amide bonds. The molecule has 0 aromatic rings. The van der Waals surface area contributed by atoms with Crippen molar-refractivity contribution >= 4 is 5.97 Å². The largest absolute Gasteiger partial charge is 0.466 e. The van der Waals surface area contributed by atoms with Crippen LogP contribution in [0.3, 0.4) is 0 Å². The highest BCUT2D eigenvalue weighted by Crippen LogP contribution is 2.15. The lowest BCUT2D eigenvalue weighted by molar-refractivity contribution is -0.143. The van der Waals surface area contributed by atoms with Gasteiger partial charge in [-0.2, -0.15) is 0 Å². The third-order valence-corrected chi connectivity index (χ3v) is 8.58. The fourth-order valence-electron chi connectivity index (χ4n) is 5.73. The number of carbonyl (C=O) groups excluding carboxylic acids is 1. The molecular formula is C39H76O2. The van der Waals surface area contributed by atoms with E-state index in [4.69, 9.17) is 4.74 Å². The Balaban J connectivity index is 3.18. The van der Waals surface area contributed by atoms with Crippen molar-refractivity contribution in [1.29, 1.82) is 0 Å². The standard InChI is InChI=1S/C39H76O2/c1-4-5-6-7-8-9-10-11-12-13-14-18-21-24-27-30-33-36-39(40)41-37-34-31-28-25-22-19-16-15-17-20-23-26-29-32-35-38(2)3/h9-10,38H,4-8,11-37H2,1-3H3. The molecule has 0 N–H and O–H groups in total. The van der Waals surface area contributed by atoms with E-state index >= 15 is 0 Å². The number of hydrogen-bond donors (Lipinski definition) is 0. The molecule has 0 saturated heterocycles. The highest BCUT2D eigenvalue weighted by Gasteiger charge is 2.03. The van der Waals surface area contributed by atoms with E-state index in [2.05, 4.69) is 32.9 Å². The number of allylic oxidation sites excluding steroid dienone is 2. The third kappa shape index (κ3) is 37.2. The Morgan fingerprint density at radius 1 is 0.488 bits per heavy atom. The summed E-state index contributed by atoms with van der Waals surface area (Å²) in [6.45, 7) is 7.57. The smallest absolute Gasteiger partial charge is 0.305 e. The van der Waals surface area contributed by atoms with E-state index in [1.165, 1.54) is 180 Å². The molecule has 0 aliphatic heterocycles. The third-order valence-electron chi connectivity index (χ3n) is 8.58. The van der Waals surface area contributed by atoms with Crippen molar-refractivity contribution in [2.24, 2.45) is 5.92 Å². The zero-order valence-corrected chi connectivity index (χ0v) is 28.7. The lowest BCUT2D eigenvalue weighted by Crippen LogP contribution is -2.05. The van der Waals surface area contributed by atoms with Gasteiger partial charge in [-0.1, -0.05) is 187 Å². The predicted molar refractivity (Wildman–Crippen MR) is 184 cm³/mol. The summed E-state index contributed by atoms with van der Waals surface area (Å²) < 4.78 is 5.45. The van der Waals surface area contributed by atoms with Gasteiger partial charge in [-0.25, -0.2) is 0 Å². The molecule has 0 aliphatic rings. The van der Waals surface area contributed by atoms with Crippen molar-refractivity contribution in [3.05, 3.63) is 12.2 Å². The number of hydrogen-bond acceptors (Lipinski definition) is 2. The number of esters is 1. The van der Waals surface area contributed by atoms with Gasteiger partial charge in [0.25, 0.3) is 0 Å². The Morgan fingerprint density at radius 2 is 0.854 bits per heavy atom. The molecule has 0 aromatic heterocycles. The molecule has 0 unspecified atom stereocenters. The van der Waals surface area contributed by atoms with E-state index in [-0.39, 0.29) is 5.97 Å². The van der Waals surface area contributed by atoms with Gasteiger partial charge >= 0.3 is 5.97 Å². The van der Waals surface area contributed by atoms with Gasteiger partial charge < -0.3 is 4.74 Å². The highest BCUT2D eigenvalue weighted by molar-refractivity contribution is 5.69. The monoisotopic (exact) mass is 577 g/mol. The quantitative estimate of drug-likeness (QED) is 0.0432. The molecule has 2 heteroatoms. The Morgan fingerprint density at radius 3 is 1.29 bits per heavy atom. The number of ether oxygens (including phenoxy) is 1. The molecule has 0 rings (SSSR count). The fraction of sp³-hybridized carbons (Fsp3) is 0.923. The first-order valence-corrected chi connectivity index (χ1v) is 19.0. The van der Waals surface area contributed by atoms with Gasteiger partial charge in [-0.3, -0.25) is 4.79 Å². The van der Waals surface area contributed by atoms with E-state index in [9.17, 15) is 4.79 Å². The molecule has 0 aromatic carbocycles. The lowest BCUT2D eigenvalue weighted by Gasteiger charge is -2.06. The van der Waals surface area contributed by atoms with Gasteiger partial charge in [-0.15, -0.1) is 0 Å². The molecule has 0 saturated carbocycles. The Hall–Kier alpha value is -0.790. The average Bonchev–Trinajstić information content (AvgIpc) is 2.96. The van der Waals surface area contributed by atoms with Gasteiger partial charge in [0.15, 0.2) is 0 Å². The van der Waals surface area contributed by atoms with Gasteiger partial charge in [0.1, 0.15) is 0 Å². The maximum Gasteiger partial charge on any atom is 0.305 e. The number of unbranched alkanes of at least 4 members (excludes halogenated alkanes) is 26. The maximum atomic E-state index is 11.9. The molecule has 0 spiro atoms. The second-order valence-electron chi connectivity index (χ2n) is 13.4. The van der Waals surface area contributed by atoms with Gasteiger partial charge in [0.05, 0.1) is 6.61 Å². The van der Waals surface area contributed by atoms with Crippen molar-refractivity contribution < 1.29 is 9.53 Å². The highest BCUT2D eigenvalue weighted by atomic mass is 16.5. The van der Waals surface area contributed by atoms with E-state index in [1.54, 1.807) is 0 Å². The van der Waals surface area contributed by atoms with Crippen LogP contribution in [0.15, 0.2) is 12.2 Å². The summed E-state index contributed by atoms with van der Waals surface area (Å²) in [4.78, 5) is 11.9. The van der Waals surface area contributed by atoms with Crippen LogP contribution >= 0.6 is 0 Å². The van der Waals surface area contributed by atoms with Crippen LogP contribution in [-0.4, -0.2) is 12.6 Å². The van der Waals surface area contributed by atoms with E-state index < -0.39 is 0 Å². The Kier molecular flexibility index (Phi) is 34.7. The molecule has 0 heterocycles. The molecular weight excluding hydrogens is 500 g/mol. The van der Waals surface area contributed by atoms with Gasteiger partial charge in [-0.05, 0) is 44.4 Å². The average molecular weight is 577 g/mol. The summed E-state index contributed by atoms with van der Waals surface area (Å²) in [5.41, 5.74) is 0. The summed E-state index contributed by atoms with van der Waals surface area (Å²) in [6, 6.07) is 0. The molecule has 0 bridgehead atoms. The van der Waals surface area contributed by atoms with Crippen LogP contribution in [-0.2, 0) is 9.53 Å². The van der Waals surface area contributed by atoms with Crippen LogP contribution in [0.25, 0.3) is 0 Å². The minimum absolute atomic E-state index is 0.0237. The first-order valence-electron chi connectivity index (χ1n) is 19.0. The van der Waals surface area contributed by atoms with Gasteiger partial charge in [0.2, 0.25) is 0 Å². The van der Waals surface area contributed by atoms with E-state index in [0.717, 1.165) is 18.8 Å². The fourth-order valence-corrected chi connectivity index (χ4v) is 5.73. The van der Waals surface area contributed by atoms with E-state index in [0.29, 0.717) is 13.0 Å². The summed E-state index contributed by atoms with van der Waals surface area (Å²) in [5, 5.41) is 0. The molecule has 244 valence electrons. The van der Waals surface area contributed by atoms with Crippen LogP contribution in [0.1, 0.15) is 220 Å². The minimum Gasteiger partial charge on any atom is -0.466 e. The van der Waals surface area contributed by atoms with Crippen LogP contribution in [0, 0.1) is 5.92 Å². The SMILES string of the molecule is CCCCCCC=CCCCCCCCCCCCC(=O)OCCCCCCCCCCCCCCCCC(C)C. The molecule has 41 heavy (non-hydrogen) atoms. The first kappa shape index (κ1) is 40.2. The van der Waals surface area contributed by atoms with Crippen molar-refractivity contribution in [2.75, 3.05) is 6.61 Å². The zero-order chi connectivity index (χ0) is 29.9. The van der Waals surface area contributed by atoms with Crippen molar-refractivity contribution in [1.82, 2.24) is 0 Å². The Labute approximate surface area is 259 Å². The second-order valence-corrected chi connectivity index (χ2v) is 13.4. The molecule has 2 nitrogen and oxygen atoms in total. The zero-order valence-electron chi connectivity index (χ0n) is 28.7. The van der Waals surface area contributed by atoms with Gasteiger partial charge in [0, 0.05) is 6.42 Å². The molecule has 0 atom stereocenters. The molecule has 0 fully saturated rings. The predicted octanol–water partition coefficient (Wildman–Crippen LogP) is 13.9. The second kappa shape index (κ2) is 35.4. The minimum atomic E-state index is 0.0237. The normalized spacial score (nSPS) is 11.7. The van der Waals surface area contributed by atoms with Crippen LogP contribution < -0.4 is 0 Å². The summed E-state index contributed by atoms with van der Waals surface area (Å²) in [7, 11) is 0. The van der Waals surface area contributed by atoms with Crippen LogP contribution in [0.4, 0.5) is 0 Å². The molecule has 0 aliphatic carbocycles. The number of carbonyl (C=O) groups is 1. The number of rotatable bonds is 34. The maximum absolute atomic E-state index is 11.9. The molecule has 0 radical (unpaired) electrons. The summed E-state index contributed by atoms with van der Waals surface area (Å²) in [5.74, 6) is 0.898. The van der Waals surface area contributed by atoms with Crippen molar-refractivity contribution in [2.45, 2.75) is 220 Å². The van der Waals surface area contributed by atoms with Crippen LogP contribution in [0.5, 0.6) is 0 Å².